The second-order valence-corrected chi connectivity index (χ2v) is 6.70. The number of likely N-dealkylation sites (tertiary alicyclic amines) is 1. The van der Waals surface area contributed by atoms with Crippen molar-refractivity contribution >= 4 is 17.5 Å². The third-order valence-electron chi connectivity index (χ3n) is 4.83. The number of anilines is 3. The highest BCUT2D eigenvalue weighted by Gasteiger charge is 2.35. The van der Waals surface area contributed by atoms with E-state index in [0.29, 0.717) is 17.9 Å². The number of piperidine rings is 1. The Hall–Kier alpha value is -2.43. The van der Waals surface area contributed by atoms with E-state index < -0.39 is 11.7 Å². The van der Waals surface area contributed by atoms with E-state index in [2.05, 4.69) is 30.6 Å². The maximum Gasteiger partial charge on any atom is 0.421 e. The van der Waals surface area contributed by atoms with Crippen LogP contribution in [-0.4, -0.2) is 58.0 Å². The van der Waals surface area contributed by atoms with Crippen LogP contribution >= 0.6 is 0 Å². The van der Waals surface area contributed by atoms with Crippen molar-refractivity contribution in [1.82, 2.24) is 24.6 Å². The van der Waals surface area contributed by atoms with Crippen LogP contribution in [0.5, 0.6) is 0 Å². The van der Waals surface area contributed by atoms with Crippen molar-refractivity contribution < 1.29 is 17.6 Å². The zero-order valence-electron chi connectivity index (χ0n) is 15.7. The summed E-state index contributed by atoms with van der Waals surface area (Å²) in [6.45, 7) is 3.53. The van der Waals surface area contributed by atoms with E-state index in [9.17, 15) is 17.6 Å². The molecule has 0 atom stereocenters. The second-order valence-electron chi connectivity index (χ2n) is 6.70. The number of nitrogens with zero attached hydrogens (tertiary/aromatic N) is 5. The highest BCUT2D eigenvalue weighted by molar-refractivity contribution is 5.57. The summed E-state index contributed by atoms with van der Waals surface area (Å²) in [4.78, 5) is 9.78. The molecule has 0 bridgehead atoms. The summed E-state index contributed by atoms with van der Waals surface area (Å²) in [7, 11) is 1.37. The molecule has 0 saturated carbocycles. The number of hydrogen-bond donors (Lipinski definition) is 2. The van der Waals surface area contributed by atoms with Crippen molar-refractivity contribution in [3.8, 4) is 0 Å². The van der Waals surface area contributed by atoms with Crippen LogP contribution < -0.4 is 10.6 Å². The van der Waals surface area contributed by atoms with E-state index in [1.807, 2.05) is 10.9 Å². The highest BCUT2D eigenvalue weighted by atomic mass is 19.4. The maximum atomic E-state index is 13.0. The fourth-order valence-electron chi connectivity index (χ4n) is 3.28. The van der Waals surface area contributed by atoms with Gasteiger partial charge in [-0.05, 0) is 19.8 Å². The number of rotatable bonds is 6. The molecule has 0 aliphatic carbocycles. The Morgan fingerprint density at radius 3 is 2.57 bits per heavy atom. The van der Waals surface area contributed by atoms with Gasteiger partial charge >= 0.3 is 6.18 Å². The van der Waals surface area contributed by atoms with Crippen LogP contribution in [0, 0.1) is 6.92 Å². The van der Waals surface area contributed by atoms with Gasteiger partial charge in [-0.15, -0.1) is 0 Å². The molecule has 0 radical (unpaired) electrons. The monoisotopic (exact) mass is 401 g/mol. The molecule has 3 heterocycles. The molecule has 1 aliphatic rings. The smallest absolute Gasteiger partial charge is 0.372 e. The fourth-order valence-corrected chi connectivity index (χ4v) is 3.28. The van der Waals surface area contributed by atoms with Gasteiger partial charge in [-0.3, -0.25) is 4.68 Å². The molecule has 0 amide bonds. The minimum Gasteiger partial charge on any atom is -0.372 e. The van der Waals surface area contributed by atoms with E-state index in [-0.39, 0.29) is 24.5 Å². The Morgan fingerprint density at radius 1 is 1.25 bits per heavy atom. The maximum absolute atomic E-state index is 13.0. The lowest BCUT2D eigenvalue weighted by molar-refractivity contribution is -0.137. The lowest BCUT2D eigenvalue weighted by Gasteiger charge is -2.31. The molecular formula is C17H23F4N7. The van der Waals surface area contributed by atoms with Crippen LogP contribution in [0.1, 0.15) is 30.1 Å². The van der Waals surface area contributed by atoms with Crippen LogP contribution in [0.2, 0.25) is 0 Å². The largest absolute Gasteiger partial charge is 0.421 e. The van der Waals surface area contributed by atoms with Gasteiger partial charge in [0.05, 0.1) is 17.4 Å². The van der Waals surface area contributed by atoms with Crippen molar-refractivity contribution in [3.63, 3.8) is 0 Å². The topological polar surface area (TPSA) is 70.9 Å². The standard InChI is InChI=1S/C17H23F4N7/c1-11-14(10-28(26-11)12-3-6-27(7-4-12)8-5-18)24-16-23-9-13(17(19,20)21)15(22-2)25-16/h9-10,12H,3-8H2,1-2H3,(H2,22,23,24,25). The van der Waals surface area contributed by atoms with E-state index in [0.717, 1.165) is 32.1 Å². The summed E-state index contributed by atoms with van der Waals surface area (Å²) in [5, 5.41) is 9.90. The summed E-state index contributed by atoms with van der Waals surface area (Å²) < 4.78 is 53.2. The lowest BCUT2D eigenvalue weighted by atomic mass is 10.1. The van der Waals surface area contributed by atoms with Gasteiger partial charge in [-0.2, -0.15) is 23.3 Å². The van der Waals surface area contributed by atoms with Crippen LogP contribution in [-0.2, 0) is 6.18 Å². The summed E-state index contributed by atoms with van der Waals surface area (Å²) >= 11 is 0. The Bertz CT molecular complexity index is 797. The number of hydrogen-bond acceptors (Lipinski definition) is 6. The Kier molecular flexibility index (Phi) is 6.01. The normalized spacial score (nSPS) is 16.4. The molecule has 7 nitrogen and oxygen atoms in total. The third kappa shape index (κ3) is 4.51. The summed E-state index contributed by atoms with van der Waals surface area (Å²) in [5.41, 5.74) is 0.404. The van der Waals surface area contributed by atoms with Gasteiger partial charge in [0.15, 0.2) is 0 Å². The van der Waals surface area contributed by atoms with Gasteiger partial charge < -0.3 is 15.5 Å². The van der Waals surface area contributed by atoms with Gasteiger partial charge in [0, 0.05) is 39.1 Å². The zero-order chi connectivity index (χ0) is 20.3. The van der Waals surface area contributed by atoms with Crippen LogP contribution in [0.15, 0.2) is 12.4 Å². The van der Waals surface area contributed by atoms with E-state index in [1.165, 1.54) is 7.05 Å². The number of nitrogens with one attached hydrogen (secondary N) is 2. The molecule has 2 aromatic rings. The average molecular weight is 401 g/mol. The van der Waals surface area contributed by atoms with E-state index in [1.54, 1.807) is 6.92 Å². The zero-order valence-corrected chi connectivity index (χ0v) is 15.7. The Labute approximate surface area is 160 Å². The van der Waals surface area contributed by atoms with Gasteiger partial charge in [0.1, 0.15) is 18.1 Å². The molecule has 3 rings (SSSR count). The minimum absolute atomic E-state index is 0.0535. The first-order chi connectivity index (χ1) is 13.3. The minimum atomic E-state index is -4.53. The van der Waals surface area contributed by atoms with Crippen LogP contribution in [0.4, 0.5) is 35.0 Å². The molecule has 1 aliphatic heterocycles. The summed E-state index contributed by atoms with van der Waals surface area (Å²) in [5.74, 6) is -0.243. The molecule has 0 aromatic carbocycles. The number of aromatic nitrogens is 4. The van der Waals surface area contributed by atoms with E-state index in [4.69, 9.17) is 0 Å². The molecule has 0 spiro atoms. The van der Waals surface area contributed by atoms with Crippen LogP contribution in [0.25, 0.3) is 0 Å². The first-order valence-electron chi connectivity index (χ1n) is 9.05. The summed E-state index contributed by atoms with van der Waals surface area (Å²) in [6.07, 6.45) is -0.246. The molecular weight excluding hydrogens is 378 g/mol. The van der Waals surface area contributed by atoms with Crippen molar-refractivity contribution in [2.24, 2.45) is 0 Å². The highest BCUT2D eigenvalue weighted by Crippen LogP contribution is 2.34. The first kappa shape index (κ1) is 20.3. The molecule has 154 valence electrons. The van der Waals surface area contributed by atoms with Gasteiger partial charge in [-0.25, -0.2) is 9.37 Å². The molecule has 0 unspecified atom stereocenters. The van der Waals surface area contributed by atoms with Gasteiger partial charge in [0.25, 0.3) is 0 Å². The predicted molar refractivity (Wildman–Crippen MR) is 97.5 cm³/mol. The van der Waals surface area contributed by atoms with Gasteiger partial charge in [0.2, 0.25) is 5.95 Å². The second kappa shape index (κ2) is 8.29. The molecule has 28 heavy (non-hydrogen) atoms. The van der Waals surface area contributed by atoms with Gasteiger partial charge in [-0.1, -0.05) is 0 Å². The summed E-state index contributed by atoms with van der Waals surface area (Å²) in [6, 6.07) is 0.200. The molecule has 1 fully saturated rings. The number of halogens is 4. The van der Waals surface area contributed by atoms with Crippen molar-refractivity contribution in [1.29, 1.82) is 0 Å². The molecule has 2 aromatic heterocycles. The van der Waals surface area contributed by atoms with Crippen molar-refractivity contribution in [3.05, 3.63) is 23.7 Å². The molecule has 2 N–H and O–H groups in total. The Balaban J connectivity index is 1.72. The SMILES string of the molecule is CNc1nc(Nc2cn(C3CCN(CCF)CC3)nc2C)ncc1C(F)(F)F. The first-order valence-corrected chi connectivity index (χ1v) is 9.05. The van der Waals surface area contributed by atoms with Crippen molar-refractivity contribution in [2.45, 2.75) is 32.0 Å². The molecule has 11 heteroatoms. The Morgan fingerprint density at radius 2 is 1.96 bits per heavy atom. The lowest BCUT2D eigenvalue weighted by Crippen LogP contribution is -2.36. The number of alkyl halides is 4. The average Bonchev–Trinajstić information content (AvgIpc) is 3.02. The fraction of sp³-hybridized carbons (Fsp3) is 0.588. The predicted octanol–water partition coefficient (Wildman–Crippen LogP) is 3.39. The van der Waals surface area contributed by atoms with E-state index >= 15 is 0 Å². The third-order valence-corrected chi connectivity index (χ3v) is 4.83. The number of aryl methyl sites for hydroxylation is 1. The molecule has 1 saturated heterocycles. The van der Waals surface area contributed by atoms with Crippen molar-refractivity contribution in [2.75, 3.05) is 44.0 Å². The van der Waals surface area contributed by atoms with Crippen LogP contribution in [0.3, 0.4) is 0 Å². The quantitative estimate of drug-likeness (QED) is 0.723.